The number of carbonyl (C=O) groups excluding carboxylic acids is 1. The lowest BCUT2D eigenvalue weighted by Gasteiger charge is -2.15. The molecule has 2 unspecified atom stereocenters. The highest BCUT2D eigenvalue weighted by atomic mass is 32.2. The molecule has 1 aromatic rings. The second-order valence-electron chi connectivity index (χ2n) is 5.28. The summed E-state index contributed by atoms with van der Waals surface area (Å²) in [6.45, 7) is 1.80. The van der Waals surface area contributed by atoms with Crippen molar-refractivity contribution in [1.29, 1.82) is 0 Å². The Hall–Kier alpha value is -2.06. The first kappa shape index (κ1) is 20.0. The standard InChI is InChI=1S/C16H21NO6S/c1-2-13(14(18)17-23)24-7-6-12(16(21)22)9-10-4-3-5-11(8-10)15(19)20/h3-5,8,12-13,23H,2,6-7,9H2,1H3,(H,17,18)(H,19,20)(H,21,22). The first-order valence-electron chi connectivity index (χ1n) is 7.49. The van der Waals surface area contributed by atoms with Crippen molar-refractivity contribution >= 4 is 29.6 Å². The molecule has 0 aliphatic heterocycles. The van der Waals surface area contributed by atoms with Crippen molar-refractivity contribution in [3.05, 3.63) is 35.4 Å². The van der Waals surface area contributed by atoms with Crippen LogP contribution in [0.5, 0.6) is 0 Å². The zero-order chi connectivity index (χ0) is 18.1. The predicted octanol–water partition coefficient (Wildman–Crippen LogP) is 2.04. The van der Waals surface area contributed by atoms with E-state index < -0.39 is 29.0 Å². The van der Waals surface area contributed by atoms with Crippen molar-refractivity contribution in [1.82, 2.24) is 5.48 Å². The molecule has 0 bridgehead atoms. The third-order valence-electron chi connectivity index (χ3n) is 3.56. The smallest absolute Gasteiger partial charge is 0.335 e. The van der Waals surface area contributed by atoms with Gasteiger partial charge in [0.05, 0.1) is 16.7 Å². The lowest BCUT2D eigenvalue weighted by atomic mass is 9.96. The number of nitrogens with one attached hydrogen (secondary N) is 1. The van der Waals surface area contributed by atoms with E-state index in [2.05, 4.69) is 0 Å². The maximum atomic E-state index is 11.4. The summed E-state index contributed by atoms with van der Waals surface area (Å²) in [7, 11) is 0. The molecule has 4 N–H and O–H groups in total. The van der Waals surface area contributed by atoms with Crippen molar-refractivity contribution in [2.45, 2.75) is 31.4 Å². The van der Waals surface area contributed by atoms with Crippen LogP contribution in [0, 0.1) is 5.92 Å². The Morgan fingerprint density at radius 1 is 1.25 bits per heavy atom. The number of amides is 1. The van der Waals surface area contributed by atoms with Gasteiger partial charge in [-0.15, -0.1) is 11.8 Å². The second-order valence-corrected chi connectivity index (χ2v) is 6.59. The minimum Gasteiger partial charge on any atom is -0.481 e. The molecule has 1 aromatic carbocycles. The maximum absolute atomic E-state index is 11.4. The molecule has 0 saturated heterocycles. The van der Waals surface area contributed by atoms with E-state index in [-0.39, 0.29) is 12.0 Å². The molecule has 7 nitrogen and oxygen atoms in total. The van der Waals surface area contributed by atoms with Crippen LogP contribution in [0.15, 0.2) is 24.3 Å². The van der Waals surface area contributed by atoms with Crippen molar-refractivity contribution in [3.63, 3.8) is 0 Å². The van der Waals surface area contributed by atoms with Crippen LogP contribution in [0.3, 0.4) is 0 Å². The Kier molecular flexibility index (Phi) is 8.28. The second kappa shape index (κ2) is 9.94. The third kappa shape index (κ3) is 6.21. The summed E-state index contributed by atoms with van der Waals surface area (Å²) < 4.78 is 0. The third-order valence-corrected chi connectivity index (χ3v) is 4.99. The summed E-state index contributed by atoms with van der Waals surface area (Å²) in [6.07, 6.45) is 1.09. The highest BCUT2D eigenvalue weighted by Crippen LogP contribution is 2.21. The Bertz CT molecular complexity index is 592. The Morgan fingerprint density at radius 2 is 1.96 bits per heavy atom. The summed E-state index contributed by atoms with van der Waals surface area (Å²) in [5, 5.41) is 26.5. The number of carboxylic acids is 2. The minimum absolute atomic E-state index is 0.122. The highest BCUT2D eigenvalue weighted by Gasteiger charge is 2.21. The van der Waals surface area contributed by atoms with Gasteiger partial charge in [-0.1, -0.05) is 19.1 Å². The van der Waals surface area contributed by atoms with E-state index in [9.17, 15) is 19.5 Å². The number of rotatable bonds is 10. The predicted molar refractivity (Wildman–Crippen MR) is 89.3 cm³/mol. The molecule has 0 aromatic heterocycles. The lowest BCUT2D eigenvalue weighted by Crippen LogP contribution is -2.30. The molecule has 0 aliphatic rings. The van der Waals surface area contributed by atoms with E-state index in [4.69, 9.17) is 10.3 Å². The fraction of sp³-hybridized carbons (Fsp3) is 0.438. The quantitative estimate of drug-likeness (QED) is 0.374. The van der Waals surface area contributed by atoms with Crippen molar-refractivity contribution in [3.8, 4) is 0 Å². The molecule has 0 fully saturated rings. The van der Waals surface area contributed by atoms with E-state index in [0.717, 1.165) is 0 Å². The number of benzene rings is 1. The molecule has 0 spiro atoms. The first-order valence-corrected chi connectivity index (χ1v) is 8.54. The molecule has 24 heavy (non-hydrogen) atoms. The summed E-state index contributed by atoms with van der Waals surface area (Å²) in [5.74, 6) is -2.74. The molecule has 1 amide bonds. The van der Waals surface area contributed by atoms with Gasteiger partial charge in [-0.2, -0.15) is 0 Å². The van der Waals surface area contributed by atoms with Gasteiger partial charge in [0.25, 0.3) is 5.91 Å². The number of aliphatic carboxylic acids is 1. The molecule has 0 saturated carbocycles. The Labute approximate surface area is 144 Å². The number of hydroxylamine groups is 1. The average molecular weight is 355 g/mol. The zero-order valence-electron chi connectivity index (χ0n) is 13.3. The number of carboxylic acid groups (broad SMARTS) is 2. The summed E-state index contributed by atoms with van der Waals surface area (Å²) >= 11 is 1.29. The van der Waals surface area contributed by atoms with Gasteiger partial charge in [0.2, 0.25) is 0 Å². The molecule has 1 rings (SSSR count). The molecular formula is C16H21NO6S. The van der Waals surface area contributed by atoms with Gasteiger partial charge >= 0.3 is 11.9 Å². The molecule has 132 valence electrons. The van der Waals surface area contributed by atoms with E-state index in [1.807, 2.05) is 0 Å². The highest BCUT2D eigenvalue weighted by molar-refractivity contribution is 8.00. The molecule has 2 atom stereocenters. The summed E-state index contributed by atoms with van der Waals surface area (Å²) in [4.78, 5) is 33.8. The molecule has 0 heterocycles. The molecular weight excluding hydrogens is 334 g/mol. The van der Waals surface area contributed by atoms with Crippen molar-refractivity contribution in [2.75, 3.05) is 5.75 Å². The van der Waals surface area contributed by atoms with Crippen LogP contribution < -0.4 is 5.48 Å². The van der Waals surface area contributed by atoms with E-state index in [0.29, 0.717) is 24.2 Å². The van der Waals surface area contributed by atoms with E-state index in [1.54, 1.807) is 24.5 Å². The van der Waals surface area contributed by atoms with Crippen LogP contribution >= 0.6 is 11.8 Å². The Balaban J connectivity index is 2.65. The largest absolute Gasteiger partial charge is 0.481 e. The van der Waals surface area contributed by atoms with Crippen LogP contribution in [0.2, 0.25) is 0 Å². The van der Waals surface area contributed by atoms with E-state index in [1.165, 1.54) is 23.9 Å². The van der Waals surface area contributed by atoms with Crippen LogP contribution in [-0.2, 0) is 16.0 Å². The molecule has 8 heteroatoms. The summed E-state index contributed by atoms with van der Waals surface area (Å²) in [6, 6.07) is 6.21. The van der Waals surface area contributed by atoms with Gasteiger partial charge in [0, 0.05) is 0 Å². The number of carbonyl (C=O) groups is 3. The molecule has 0 radical (unpaired) electrons. The fourth-order valence-electron chi connectivity index (χ4n) is 2.23. The monoisotopic (exact) mass is 355 g/mol. The van der Waals surface area contributed by atoms with Gasteiger partial charge in [0.1, 0.15) is 0 Å². The number of hydrogen-bond donors (Lipinski definition) is 4. The zero-order valence-corrected chi connectivity index (χ0v) is 14.1. The number of hydrogen-bond acceptors (Lipinski definition) is 5. The van der Waals surface area contributed by atoms with Crippen LogP contribution in [0.4, 0.5) is 0 Å². The van der Waals surface area contributed by atoms with Crippen molar-refractivity contribution in [2.24, 2.45) is 5.92 Å². The number of thioether (sulfide) groups is 1. The van der Waals surface area contributed by atoms with Gasteiger partial charge in [0.15, 0.2) is 0 Å². The first-order chi connectivity index (χ1) is 11.4. The topological polar surface area (TPSA) is 124 Å². The summed E-state index contributed by atoms with van der Waals surface area (Å²) in [5.41, 5.74) is 2.37. The van der Waals surface area contributed by atoms with Crippen LogP contribution in [0.1, 0.15) is 35.7 Å². The SMILES string of the molecule is CCC(SCCC(Cc1cccc(C(=O)O)c1)C(=O)O)C(=O)NO. The maximum Gasteiger partial charge on any atom is 0.335 e. The fourth-order valence-corrected chi connectivity index (χ4v) is 3.38. The normalized spacial score (nSPS) is 13.1. The van der Waals surface area contributed by atoms with Crippen LogP contribution in [-0.4, -0.2) is 44.3 Å². The van der Waals surface area contributed by atoms with Crippen molar-refractivity contribution < 1.29 is 29.8 Å². The van der Waals surface area contributed by atoms with E-state index >= 15 is 0 Å². The van der Waals surface area contributed by atoms with Gasteiger partial charge in [-0.3, -0.25) is 14.8 Å². The Morgan fingerprint density at radius 3 is 2.50 bits per heavy atom. The lowest BCUT2D eigenvalue weighted by molar-refractivity contribution is -0.141. The number of aromatic carboxylic acids is 1. The molecule has 0 aliphatic carbocycles. The minimum atomic E-state index is -1.06. The van der Waals surface area contributed by atoms with Gasteiger partial charge in [-0.05, 0) is 42.7 Å². The van der Waals surface area contributed by atoms with Gasteiger partial charge < -0.3 is 10.2 Å². The van der Waals surface area contributed by atoms with Gasteiger partial charge in [-0.25, -0.2) is 10.3 Å². The van der Waals surface area contributed by atoms with Crippen LogP contribution in [0.25, 0.3) is 0 Å². The average Bonchev–Trinajstić information content (AvgIpc) is 2.57.